The van der Waals surface area contributed by atoms with E-state index in [1.54, 1.807) is 32.4 Å². The molecular formula is C18H16ClN3O3S2. The van der Waals surface area contributed by atoms with E-state index in [4.69, 9.17) is 21.1 Å². The zero-order valence-electron chi connectivity index (χ0n) is 14.6. The number of amides is 1. The second-order valence-corrected chi connectivity index (χ2v) is 7.73. The van der Waals surface area contributed by atoms with Gasteiger partial charge in [0.1, 0.15) is 11.5 Å². The standard InChI is InChI=1S/C18H16ClN3O3S2/c1-24-12-5-8-14(15(9-12)25-2)17-21-22-18(27-17)20-16(23)10-26-13-6-3-11(19)4-7-13/h3-9H,10H2,1-2H3,(H,20,22,23). The summed E-state index contributed by atoms with van der Waals surface area (Å²) >= 11 is 8.56. The molecule has 0 radical (unpaired) electrons. The summed E-state index contributed by atoms with van der Waals surface area (Å²) in [5, 5.41) is 12.7. The Kier molecular flexibility index (Phi) is 6.54. The van der Waals surface area contributed by atoms with Crippen LogP contribution >= 0.6 is 34.7 Å². The molecule has 1 N–H and O–H groups in total. The Hall–Kier alpha value is -2.29. The van der Waals surface area contributed by atoms with Gasteiger partial charge < -0.3 is 9.47 Å². The van der Waals surface area contributed by atoms with Crippen molar-refractivity contribution in [2.75, 3.05) is 25.3 Å². The largest absolute Gasteiger partial charge is 0.497 e. The van der Waals surface area contributed by atoms with Gasteiger partial charge in [-0.15, -0.1) is 22.0 Å². The minimum absolute atomic E-state index is 0.153. The third-order valence-corrected chi connectivity index (χ3v) is 5.63. The molecule has 1 amide bonds. The summed E-state index contributed by atoms with van der Waals surface area (Å²) in [4.78, 5) is 13.1. The maximum atomic E-state index is 12.1. The first-order valence-electron chi connectivity index (χ1n) is 7.83. The first kappa shape index (κ1) is 19.5. The average Bonchev–Trinajstić information content (AvgIpc) is 3.15. The van der Waals surface area contributed by atoms with Gasteiger partial charge in [-0.1, -0.05) is 22.9 Å². The number of thioether (sulfide) groups is 1. The van der Waals surface area contributed by atoms with E-state index >= 15 is 0 Å². The fourth-order valence-electron chi connectivity index (χ4n) is 2.19. The number of ether oxygens (including phenoxy) is 2. The molecule has 9 heteroatoms. The van der Waals surface area contributed by atoms with Gasteiger partial charge in [0.05, 0.1) is 25.5 Å². The Bertz CT molecular complexity index is 932. The van der Waals surface area contributed by atoms with Crippen molar-refractivity contribution in [2.24, 2.45) is 0 Å². The van der Waals surface area contributed by atoms with Crippen molar-refractivity contribution < 1.29 is 14.3 Å². The molecule has 3 aromatic rings. The molecule has 3 rings (SSSR count). The molecule has 0 bridgehead atoms. The van der Waals surface area contributed by atoms with E-state index in [0.29, 0.717) is 26.7 Å². The summed E-state index contributed by atoms with van der Waals surface area (Å²) in [6.45, 7) is 0. The zero-order valence-corrected chi connectivity index (χ0v) is 17.0. The molecule has 0 saturated carbocycles. The fourth-order valence-corrected chi connectivity index (χ4v) is 3.81. The van der Waals surface area contributed by atoms with Crippen LogP contribution in [0.15, 0.2) is 47.4 Å². The molecule has 0 aliphatic rings. The second kappa shape index (κ2) is 9.07. The summed E-state index contributed by atoms with van der Waals surface area (Å²) in [6, 6.07) is 12.8. The number of carbonyl (C=O) groups excluding carboxylic acids is 1. The zero-order chi connectivity index (χ0) is 19.2. The third-order valence-electron chi connectivity index (χ3n) is 3.49. The number of nitrogens with one attached hydrogen (secondary N) is 1. The van der Waals surface area contributed by atoms with Crippen molar-refractivity contribution in [1.82, 2.24) is 10.2 Å². The number of aromatic nitrogens is 2. The van der Waals surface area contributed by atoms with Crippen molar-refractivity contribution in [3.8, 4) is 22.1 Å². The molecule has 27 heavy (non-hydrogen) atoms. The van der Waals surface area contributed by atoms with Crippen LogP contribution in [0.25, 0.3) is 10.6 Å². The maximum absolute atomic E-state index is 12.1. The lowest BCUT2D eigenvalue weighted by atomic mass is 10.2. The lowest BCUT2D eigenvalue weighted by Crippen LogP contribution is -2.13. The van der Waals surface area contributed by atoms with Crippen LogP contribution < -0.4 is 14.8 Å². The first-order chi connectivity index (χ1) is 13.1. The number of rotatable bonds is 7. The van der Waals surface area contributed by atoms with Gasteiger partial charge >= 0.3 is 0 Å². The fraction of sp³-hybridized carbons (Fsp3) is 0.167. The van der Waals surface area contributed by atoms with Crippen molar-refractivity contribution >= 4 is 45.7 Å². The van der Waals surface area contributed by atoms with E-state index in [1.807, 2.05) is 24.3 Å². The van der Waals surface area contributed by atoms with Crippen molar-refractivity contribution in [3.63, 3.8) is 0 Å². The lowest BCUT2D eigenvalue weighted by molar-refractivity contribution is -0.113. The van der Waals surface area contributed by atoms with Crippen molar-refractivity contribution in [3.05, 3.63) is 47.5 Å². The summed E-state index contributed by atoms with van der Waals surface area (Å²) < 4.78 is 10.6. The predicted molar refractivity (Wildman–Crippen MR) is 109 cm³/mol. The Morgan fingerprint density at radius 2 is 1.93 bits per heavy atom. The van der Waals surface area contributed by atoms with Crippen LogP contribution in [0.3, 0.4) is 0 Å². The SMILES string of the molecule is COc1ccc(-c2nnc(NC(=O)CSc3ccc(Cl)cc3)s2)c(OC)c1. The van der Waals surface area contributed by atoms with Gasteiger partial charge in [0.25, 0.3) is 0 Å². The summed E-state index contributed by atoms with van der Waals surface area (Å²) in [5.41, 5.74) is 0.784. The molecule has 140 valence electrons. The van der Waals surface area contributed by atoms with E-state index in [0.717, 1.165) is 10.5 Å². The van der Waals surface area contributed by atoms with Crippen LogP contribution in [0, 0.1) is 0 Å². The molecule has 1 aromatic heterocycles. The topological polar surface area (TPSA) is 73.3 Å². The second-order valence-electron chi connectivity index (χ2n) is 5.27. The molecular weight excluding hydrogens is 406 g/mol. The number of nitrogens with zero attached hydrogens (tertiary/aromatic N) is 2. The van der Waals surface area contributed by atoms with E-state index in [1.165, 1.54) is 23.1 Å². The van der Waals surface area contributed by atoms with Gasteiger partial charge in [0.15, 0.2) is 5.01 Å². The van der Waals surface area contributed by atoms with Gasteiger partial charge in [-0.25, -0.2) is 0 Å². The highest BCUT2D eigenvalue weighted by atomic mass is 35.5. The Morgan fingerprint density at radius 3 is 2.63 bits per heavy atom. The van der Waals surface area contributed by atoms with Gasteiger partial charge in [-0.3, -0.25) is 10.1 Å². The normalized spacial score (nSPS) is 10.5. The third kappa shape index (κ3) is 5.12. The molecule has 2 aromatic carbocycles. The van der Waals surface area contributed by atoms with Crippen LogP contribution in [0.5, 0.6) is 11.5 Å². The number of benzene rings is 2. The van der Waals surface area contributed by atoms with Crippen LogP contribution in [0.1, 0.15) is 0 Å². The minimum atomic E-state index is -0.153. The smallest absolute Gasteiger partial charge is 0.236 e. The summed E-state index contributed by atoms with van der Waals surface area (Å²) in [7, 11) is 3.17. The lowest BCUT2D eigenvalue weighted by Gasteiger charge is -2.07. The Labute approximate surface area is 169 Å². The van der Waals surface area contributed by atoms with Gasteiger partial charge in [-0.2, -0.15) is 0 Å². The number of hydrogen-bond acceptors (Lipinski definition) is 7. The molecule has 1 heterocycles. The first-order valence-corrected chi connectivity index (χ1v) is 10.0. The van der Waals surface area contributed by atoms with Crippen LogP contribution in [-0.4, -0.2) is 36.1 Å². The number of methoxy groups -OCH3 is 2. The van der Waals surface area contributed by atoms with Crippen LogP contribution in [-0.2, 0) is 4.79 Å². The highest BCUT2D eigenvalue weighted by Crippen LogP contribution is 2.36. The van der Waals surface area contributed by atoms with E-state index in [2.05, 4.69) is 15.5 Å². The number of hydrogen-bond donors (Lipinski definition) is 1. The molecule has 0 fully saturated rings. The highest BCUT2D eigenvalue weighted by molar-refractivity contribution is 8.00. The number of anilines is 1. The van der Waals surface area contributed by atoms with Crippen LogP contribution in [0.4, 0.5) is 5.13 Å². The Balaban J connectivity index is 1.63. The van der Waals surface area contributed by atoms with Crippen molar-refractivity contribution in [2.45, 2.75) is 4.90 Å². The molecule has 0 spiro atoms. The predicted octanol–water partition coefficient (Wildman–Crippen LogP) is 4.61. The maximum Gasteiger partial charge on any atom is 0.236 e. The van der Waals surface area contributed by atoms with Gasteiger partial charge in [0, 0.05) is 16.0 Å². The molecule has 0 atom stereocenters. The summed E-state index contributed by atoms with van der Waals surface area (Å²) in [6.07, 6.45) is 0. The molecule has 6 nitrogen and oxygen atoms in total. The monoisotopic (exact) mass is 421 g/mol. The number of carbonyl (C=O) groups is 1. The molecule has 0 aliphatic carbocycles. The van der Waals surface area contributed by atoms with Gasteiger partial charge in [0.2, 0.25) is 11.0 Å². The minimum Gasteiger partial charge on any atom is -0.497 e. The number of halogens is 1. The average molecular weight is 422 g/mol. The summed E-state index contributed by atoms with van der Waals surface area (Å²) in [5.74, 6) is 1.43. The molecule has 0 aliphatic heterocycles. The van der Waals surface area contributed by atoms with Gasteiger partial charge in [-0.05, 0) is 36.4 Å². The van der Waals surface area contributed by atoms with E-state index in [9.17, 15) is 4.79 Å². The quantitative estimate of drug-likeness (QED) is 0.562. The highest BCUT2D eigenvalue weighted by Gasteiger charge is 2.14. The Morgan fingerprint density at radius 1 is 1.15 bits per heavy atom. The molecule has 0 saturated heterocycles. The van der Waals surface area contributed by atoms with Crippen molar-refractivity contribution in [1.29, 1.82) is 0 Å². The van der Waals surface area contributed by atoms with Crippen LogP contribution in [0.2, 0.25) is 5.02 Å². The molecule has 0 unspecified atom stereocenters. The van der Waals surface area contributed by atoms with E-state index < -0.39 is 0 Å². The van der Waals surface area contributed by atoms with E-state index in [-0.39, 0.29) is 11.7 Å².